The fourth-order valence-corrected chi connectivity index (χ4v) is 0.652. The molecule has 0 atom stereocenters. The van der Waals surface area contributed by atoms with Crippen LogP contribution in [0.2, 0.25) is 0 Å². The zero-order valence-electron chi connectivity index (χ0n) is 6.59. The number of hydrogen-bond acceptors (Lipinski definition) is 3. The van der Waals surface area contributed by atoms with E-state index in [0.29, 0.717) is 32.3 Å². The molecule has 0 unspecified atom stereocenters. The molecule has 3 nitrogen and oxygen atoms in total. The highest BCUT2D eigenvalue weighted by Gasteiger charge is 1.88. The first-order chi connectivity index (χ1) is 5.41. The highest BCUT2D eigenvalue weighted by molar-refractivity contribution is 6.17. The number of aliphatic hydroxyl groups is 1. The van der Waals surface area contributed by atoms with Crippen molar-refractivity contribution in [3.05, 3.63) is 0 Å². The Hall–Kier alpha value is 0.170. The Morgan fingerprint density at radius 1 is 1.00 bits per heavy atom. The summed E-state index contributed by atoms with van der Waals surface area (Å²) < 4.78 is 10.1. The van der Waals surface area contributed by atoms with Crippen LogP contribution in [0.15, 0.2) is 0 Å². The first kappa shape index (κ1) is 11.2. The van der Waals surface area contributed by atoms with Gasteiger partial charge in [0.25, 0.3) is 0 Å². The van der Waals surface area contributed by atoms with Crippen LogP contribution >= 0.6 is 11.6 Å². The highest BCUT2D eigenvalue weighted by atomic mass is 35.5. The molecule has 0 spiro atoms. The Morgan fingerprint density at radius 2 is 1.64 bits per heavy atom. The lowest BCUT2D eigenvalue weighted by atomic mass is 10.5. The number of aliphatic hydroxyl groups excluding tert-OH is 1. The number of ether oxygens (including phenoxy) is 2. The molecular weight excluding hydrogens is 168 g/mol. The van der Waals surface area contributed by atoms with Gasteiger partial charge in [-0.3, -0.25) is 0 Å². The monoisotopic (exact) mass is 182 g/mol. The second-order valence-electron chi connectivity index (χ2n) is 1.99. The van der Waals surface area contributed by atoms with Crippen LogP contribution in [0.3, 0.4) is 0 Å². The summed E-state index contributed by atoms with van der Waals surface area (Å²) in [5, 5.41) is 8.32. The number of rotatable bonds is 8. The van der Waals surface area contributed by atoms with Gasteiger partial charge in [0.2, 0.25) is 0 Å². The van der Waals surface area contributed by atoms with Crippen LogP contribution in [0.25, 0.3) is 0 Å². The third kappa shape index (κ3) is 10.2. The molecule has 0 aliphatic rings. The van der Waals surface area contributed by atoms with Crippen molar-refractivity contribution in [1.29, 1.82) is 0 Å². The zero-order chi connectivity index (χ0) is 8.36. The first-order valence-corrected chi connectivity index (χ1v) is 4.27. The molecule has 0 heterocycles. The molecule has 0 saturated carbocycles. The fourth-order valence-electron chi connectivity index (χ4n) is 0.543. The SMILES string of the molecule is OCCOCCOCCCCl. The molecule has 4 heteroatoms. The third-order valence-electron chi connectivity index (χ3n) is 1.03. The second kappa shape index (κ2) is 10.2. The molecule has 0 aliphatic heterocycles. The van der Waals surface area contributed by atoms with Crippen LogP contribution in [-0.4, -0.2) is 44.0 Å². The molecule has 0 aliphatic carbocycles. The molecule has 0 aromatic heterocycles. The lowest BCUT2D eigenvalue weighted by molar-refractivity contribution is 0.0335. The van der Waals surface area contributed by atoms with Gasteiger partial charge in [-0.1, -0.05) is 0 Å². The Labute approximate surface area is 72.3 Å². The number of hydrogen-bond donors (Lipinski definition) is 1. The van der Waals surface area contributed by atoms with E-state index in [-0.39, 0.29) is 6.61 Å². The maximum Gasteiger partial charge on any atom is 0.0701 e. The normalized spacial score (nSPS) is 10.4. The van der Waals surface area contributed by atoms with E-state index in [0.717, 1.165) is 6.42 Å². The largest absolute Gasteiger partial charge is 0.394 e. The van der Waals surface area contributed by atoms with E-state index >= 15 is 0 Å². The predicted molar refractivity (Wildman–Crippen MR) is 44.1 cm³/mol. The standard InChI is InChI=1S/C7H15ClO3/c8-2-1-4-10-6-7-11-5-3-9/h9H,1-7H2. The van der Waals surface area contributed by atoms with Gasteiger partial charge in [0.1, 0.15) is 0 Å². The molecule has 68 valence electrons. The van der Waals surface area contributed by atoms with Crippen LogP contribution in [-0.2, 0) is 9.47 Å². The van der Waals surface area contributed by atoms with E-state index in [1.54, 1.807) is 0 Å². The summed E-state index contributed by atoms with van der Waals surface area (Å²) in [6.45, 7) is 2.27. The maximum atomic E-state index is 8.32. The van der Waals surface area contributed by atoms with E-state index in [1.165, 1.54) is 0 Å². The van der Waals surface area contributed by atoms with Crippen LogP contribution in [0.4, 0.5) is 0 Å². The minimum atomic E-state index is 0.0711. The van der Waals surface area contributed by atoms with Gasteiger partial charge in [0, 0.05) is 12.5 Å². The molecule has 0 saturated heterocycles. The lowest BCUT2D eigenvalue weighted by Crippen LogP contribution is -2.07. The van der Waals surface area contributed by atoms with Gasteiger partial charge in [0.05, 0.1) is 26.4 Å². The summed E-state index contributed by atoms with van der Waals surface area (Å²) >= 11 is 5.42. The van der Waals surface area contributed by atoms with Crippen LogP contribution in [0, 0.1) is 0 Å². The molecule has 0 rings (SSSR count). The quantitative estimate of drug-likeness (QED) is 0.442. The molecule has 0 amide bonds. The minimum absolute atomic E-state index is 0.0711. The average Bonchev–Trinajstić information content (AvgIpc) is 2.03. The van der Waals surface area contributed by atoms with Gasteiger partial charge in [-0.15, -0.1) is 11.6 Å². The fraction of sp³-hybridized carbons (Fsp3) is 1.00. The Balaban J connectivity index is 2.69. The van der Waals surface area contributed by atoms with E-state index in [4.69, 9.17) is 26.2 Å². The summed E-state index contributed by atoms with van der Waals surface area (Å²) in [6, 6.07) is 0. The van der Waals surface area contributed by atoms with Crippen molar-refractivity contribution < 1.29 is 14.6 Å². The van der Waals surface area contributed by atoms with Crippen molar-refractivity contribution in [2.45, 2.75) is 6.42 Å². The summed E-state index contributed by atoms with van der Waals surface area (Å²) in [4.78, 5) is 0. The van der Waals surface area contributed by atoms with Crippen molar-refractivity contribution >= 4 is 11.6 Å². The van der Waals surface area contributed by atoms with Crippen LogP contribution in [0.5, 0.6) is 0 Å². The first-order valence-electron chi connectivity index (χ1n) is 3.74. The Kier molecular flexibility index (Phi) is 10.3. The van der Waals surface area contributed by atoms with Gasteiger partial charge >= 0.3 is 0 Å². The summed E-state index contributed by atoms with van der Waals surface area (Å²) in [5.74, 6) is 0.636. The van der Waals surface area contributed by atoms with E-state index in [9.17, 15) is 0 Å². The minimum Gasteiger partial charge on any atom is -0.394 e. The Morgan fingerprint density at radius 3 is 2.18 bits per heavy atom. The summed E-state index contributed by atoms with van der Waals surface area (Å²) in [7, 11) is 0. The van der Waals surface area contributed by atoms with E-state index in [1.807, 2.05) is 0 Å². The van der Waals surface area contributed by atoms with Gasteiger partial charge in [-0.25, -0.2) is 0 Å². The predicted octanol–water partition coefficient (Wildman–Crippen LogP) is 0.641. The molecule has 1 N–H and O–H groups in total. The van der Waals surface area contributed by atoms with Gasteiger partial charge in [-0.05, 0) is 6.42 Å². The van der Waals surface area contributed by atoms with E-state index < -0.39 is 0 Å². The Bertz CT molecular complexity index is 62.7. The highest BCUT2D eigenvalue weighted by Crippen LogP contribution is 1.86. The van der Waals surface area contributed by atoms with Crippen molar-refractivity contribution in [3.8, 4) is 0 Å². The van der Waals surface area contributed by atoms with Crippen LogP contribution < -0.4 is 0 Å². The smallest absolute Gasteiger partial charge is 0.0701 e. The summed E-state index contributed by atoms with van der Waals surface area (Å²) in [6.07, 6.45) is 0.877. The number of halogens is 1. The second-order valence-corrected chi connectivity index (χ2v) is 2.37. The summed E-state index contributed by atoms with van der Waals surface area (Å²) in [5.41, 5.74) is 0. The van der Waals surface area contributed by atoms with Crippen LogP contribution in [0.1, 0.15) is 6.42 Å². The van der Waals surface area contributed by atoms with E-state index in [2.05, 4.69) is 0 Å². The van der Waals surface area contributed by atoms with Crippen molar-refractivity contribution in [2.75, 3.05) is 38.9 Å². The molecule has 0 fully saturated rings. The third-order valence-corrected chi connectivity index (χ3v) is 1.30. The number of alkyl halides is 1. The topological polar surface area (TPSA) is 38.7 Å². The lowest BCUT2D eigenvalue weighted by Gasteiger charge is -2.02. The van der Waals surface area contributed by atoms with Crippen molar-refractivity contribution in [1.82, 2.24) is 0 Å². The maximum absolute atomic E-state index is 8.32. The van der Waals surface area contributed by atoms with Gasteiger partial charge in [0.15, 0.2) is 0 Å². The molecule has 11 heavy (non-hydrogen) atoms. The molecule has 0 bridgehead atoms. The van der Waals surface area contributed by atoms with Crippen molar-refractivity contribution in [2.24, 2.45) is 0 Å². The zero-order valence-corrected chi connectivity index (χ0v) is 7.35. The molecule has 0 aromatic rings. The molecule has 0 radical (unpaired) electrons. The molecular formula is C7H15ClO3. The molecule has 0 aromatic carbocycles. The van der Waals surface area contributed by atoms with Crippen molar-refractivity contribution in [3.63, 3.8) is 0 Å². The van der Waals surface area contributed by atoms with Gasteiger partial charge < -0.3 is 14.6 Å². The van der Waals surface area contributed by atoms with Gasteiger partial charge in [-0.2, -0.15) is 0 Å². The average molecular weight is 183 g/mol.